The number of aliphatic hydroxyl groups is 3. The lowest BCUT2D eigenvalue weighted by Crippen LogP contribution is -2.36. The van der Waals surface area contributed by atoms with E-state index in [0.29, 0.717) is 11.2 Å². The molecule has 3 heterocycles. The second-order valence-corrected chi connectivity index (χ2v) is 10.4. The summed E-state index contributed by atoms with van der Waals surface area (Å²) in [5.74, 6) is -1.29. The molecule has 6 atom stereocenters. The summed E-state index contributed by atoms with van der Waals surface area (Å²) < 4.78 is 23.6. The summed E-state index contributed by atoms with van der Waals surface area (Å²) in [6.45, 7) is 0.683. The molecule has 2 aromatic rings. The number of halogens is 1. The van der Waals surface area contributed by atoms with E-state index in [2.05, 4.69) is 20.4 Å². The van der Waals surface area contributed by atoms with Gasteiger partial charge in [0, 0.05) is 6.04 Å². The Morgan fingerprint density at radius 2 is 2.00 bits per heavy atom. The molecule has 1 saturated carbocycles. The number of hydrogen-bond acceptors (Lipinski definition) is 10. The van der Waals surface area contributed by atoms with Gasteiger partial charge in [0.15, 0.2) is 17.7 Å². The number of hydrogen-bond donors (Lipinski definition) is 6. The maximum Gasteiger partial charge on any atom is 0.356 e. The predicted molar refractivity (Wildman–Crippen MR) is 116 cm³/mol. The Hall–Kier alpha value is -1.41. The van der Waals surface area contributed by atoms with Crippen LogP contribution in [0, 0.1) is 0 Å². The van der Waals surface area contributed by atoms with E-state index in [1.54, 1.807) is 0 Å². The third kappa shape index (κ3) is 5.16. The van der Waals surface area contributed by atoms with Crippen LogP contribution in [0.5, 0.6) is 0 Å². The summed E-state index contributed by atoms with van der Waals surface area (Å²) in [6, 6.07) is 0.259. The van der Waals surface area contributed by atoms with Gasteiger partial charge < -0.3 is 39.9 Å². The maximum atomic E-state index is 11.5. The van der Waals surface area contributed by atoms with Crippen molar-refractivity contribution in [3.63, 3.8) is 0 Å². The van der Waals surface area contributed by atoms with Crippen LogP contribution in [0.25, 0.3) is 11.0 Å². The first-order valence-corrected chi connectivity index (χ1v) is 12.7. The van der Waals surface area contributed by atoms with Crippen molar-refractivity contribution in [2.24, 2.45) is 0 Å². The molecule has 2 fully saturated rings. The lowest BCUT2D eigenvalue weighted by molar-refractivity contribution is -0.0890. The van der Waals surface area contributed by atoms with Crippen molar-refractivity contribution in [2.45, 2.75) is 75.1 Å². The molecule has 0 amide bonds. The number of aromatic nitrogens is 4. The Morgan fingerprint density at radius 3 is 2.64 bits per heavy atom. The van der Waals surface area contributed by atoms with Gasteiger partial charge in [-0.2, -0.15) is 15.1 Å². The van der Waals surface area contributed by atoms with Gasteiger partial charge in [-0.3, -0.25) is 4.57 Å². The smallest absolute Gasteiger partial charge is 0.356 e. The molecule has 6 N–H and O–H groups in total. The fourth-order valence-corrected chi connectivity index (χ4v) is 5.25. The Kier molecular flexibility index (Phi) is 7.25. The molecule has 33 heavy (non-hydrogen) atoms. The van der Waals surface area contributed by atoms with Crippen molar-refractivity contribution in [2.75, 3.05) is 11.9 Å². The fourth-order valence-electron chi connectivity index (χ4n) is 4.24. The number of rotatable bonds is 8. The number of nitrogens with one attached hydrogen (secondary N) is 1. The lowest BCUT2D eigenvalue weighted by atomic mass is 10.1. The predicted octanol–water partition coefficient (Wildman–Crippen LogP) is 0.355. The van der Waals surface area contributed by atoms with E-state index < -0.39 is 50.7 Å². The molecule has 13 nitrogen and oxygen atoms in total. The van der Waals surface area contributed by atoms with Crippen LogP contribution in [0.2, 0.25) is 5.28 Å². The maximum absolute atomic E-state index is 11.5. The first-order valence-electron chi connectivity index (χ1n) is 10.6. The molecule has 2 aliphatic rings. The third-order valence-electron chi connectivity index (χ3n) is 5.88. The molecule has 1 aliphatic heterocycles. The van der Waals surface area contributed by atoms with Crippen LogP contribution < -0.4 is 5.32 Å². The van der Waals surface area contributed by atoms with Crippen LogP contribution in [-0.2, 0) is 14.0 Å². The molecule has 0 unspecified atom stereocenters. The van der Waals surface area contributed by atoms with Crippen molar-refractivity contribution in [1.82, 2.24) is 19.7 Å². The zero-order valence-electron chi connectivity index (χ0n) is 17.7. The van der Waals surface area contributed by atoms with Gasteiger partial charge in [-0.15, -0.1) is 0 Å². The molecule has 0 spiro atoms. The molecule has 1 saturated heterocycles. The van der Waals surface area contributed by atoms with E-state index in [1.165, 1.54) is 17.8 Å². The highest BCUT2D eigenvalue weighted by molar-refractivity contribution is 7.52. The van der Waals surface area contributed by atoms with Crippen molar-refractivity contribution >= 4 is 36.0 Å². The number of fused-ring (bicyclic) bond motifs is 1. The zero-order valence-corrected chi connectivity index (χ0v) is 19.4. The zero-order chi connectivity index (χ0) is 23.9. The average Bonchev–Trinajstić information content (AvgIpc) is 3.43. The Labute approximate surface area is 193 Å². The molecule has 2 aromatic heterocycles. The molecule has 15 heteroatoms. The molecule has 0 bridgehead atoms. The molecule has 0 radical (unpaired) electrons. The van der Waals surface area contributed by atoms with Gasteiger partial charge in [0.25, 0.3) is 0 Å². The molecule has 4 rings (SSSR count). The van der Waals surface area contributed by atoms with Crippen LogP contribution in [0.4, 0.5) is 5.82 Å². The van der Waals surface area contributed by atoms with E-state index in [9.17, 15) is 29.7 Å². The molecular weight excluding hydrogens is 481 g/mol. The van der Waals surface area contributed by atoms with Crippen LogP contribution in [0.3, 0.4) is 0 Å². The lowest BCUT2D eigenvalue weighted by Gasteiger charge is -2.24. The van der Waals surface area contributed by atoms with Gasteiger partial charge in [-0.05, 0) is 31.4 Å². The first-order chi connectivity index (χ1) is 15.6. The van der Waals surface area contributed by atoms with Crippen LogP contribution in [0.15, 0.2) is 6.20 Å². The summed E-state index contributed by atoms with van der Waals surface area (Å²) in [7, 11) is -4.77. The van der Waals surface area contributed by atoms with Crippen molar-refractivity contribution in [1.29, 1.82) is 0 Å². The third-order valence-corrected chi connectivity index (χ3v) is 7.29. The molecule has 1 aliphatic carbocycles. The monoisotopic (exact) mass is 507 g/mol. The fraction of sp³-hybridized carbons (Fsp3) is 0.722. The summed E-state index contributed by atoms with van der Waals surface area (Å²) >= 11 is 6.12. The average molecular weight is 508 g/mol. The van der Waals surface area contributed by atoms with Crippen molar-refractivity contribution in [3.8, 4) is 0 Å². The SMILES string of the molecule is C[C@H](O)[C@@H](OC[C@H]1O[C@@H](n2ncc3c(NC4CCCC4)nc(Cl)nc32)[C@H](O)[C@@H]1O)P(=O)(O)O. The second kappa shape index (κ2) is 9.68. The van der Waals surface area contributed by atoms with Crippen LogP contribution >= 0.6 is 19.2 Å². The Balaban J connectivity index is 1.54. The Bertz CT molecular complexity index is 1030. The number of anilines is 1. The van der Waals surface area contributed by atoms with Crippen molar-refractivity contribution in [3.05, 3.63) is 11.5 Å². The summed E-state index contributed by atoms with van der Waals surface area (Å²) in [5.41, 5.74) is 0.283. The quantitative estimate of drug-likeness (QED) is 0.212. The largest absolute Gasteiger partial charge is 0.390 e. The highest BCUT2D eigenvalue weighted by atomic mass is 35.5. The highest BCUT2D eigenvalue weighted by Gasteiger charge is 2.46. The van der Waals surface area contributed by atoms with E-state index in [4.69, 9.17) is 21.1 Å². The van der Waals surface area contributed by atoms with Gasteiger partial charge in [0.2, 0.25) is 5.28 Å². The minimum absolute atomic E-state index is 0.0286. The van der Waals surface area contributed by atoms with Crippen LogP contribution in [-0.4, -0.2) is 87.8 Å². The number of ether oxygens (including phenoxy) is 2. The minimum atomic E-state index is -4.77. The van der Waals surface area contributed by atoms with Crippen molar-refractivity contribution < 1.29 is 39.1 Å². The van der Waals surface area contributed by atoms with Crippen LogP contribution in [0.1, 0.15) is 38.8 Å². The highest BCUT2D eigenvalue weighted by Crippen LogP contribution is 2.44. The van der Waals surface area contributed by atoms with Gasteiger partial charge in [0.1, 0.15) is 24.1 Å². The molecule has 0 aromatic carbocycles. The topological polar surface area (TPSA) is 192 Å². The first kappa shape index (κ1) is 24.7. The van der Waals surface area contributed by atoms with Gasteiger partial charge in [-0.25, -0.2) is 4.68 Å². The number of nitrogens with zero attached hydrogens (tertiary/aromatic N) is 4. The van der Waals surface area contributed by atoms with E-state index in [1.807, 2.05) is 0 Å². The van der Waals surface area contributed by atoms with Gasteiger partial charge >= 0.3 is 7.60 Å². The summed E-state index contributed by atoms with van der Waals surface area (Å²) in [6.07, 6.45) is -0.898. The second-order valence-electron chi connectivity index (χ2n) is 8.39. The molecular formula is C18H27ClN5O8P. The van der Waals surface area contributed by atoms with Gasteiger partial charge in [0.05, 0.1) is 24.3 Å². The van der Waals surface area contributed by atoms with Gasteiger partial charge in [-0.1, -0.05) is 12.8 Å². The minimum Gasteiger partial charge on any atom is -0.390 e. The van der Waals surface area contributed by atoms with E-state index in [-0.39, 0.29) is 17.0 Å². The normalized spacial score (nSPS) is 28.5. The molecule has 184 valence electrons. The number of aliphatic hydroxyl groups excluding tert-OH is 3. The standard InChI is InChI=1S/C18H27ClN5O8P/c1-8(25)17(33(28,29)30)31-7-11-12(26)13(27)16(32-11)24-15-10(6-20-24)14(22-18(19)23-15)21-9-4-2-3-5-9/h6,8-9,11-13,16-17,25-27H,2-5,7H2,1H3,(H,21,22,23)(H2,28,29,30)/t8-,11+,12+,13+,16+,17-/m0/s1. The summed E-state index contributed by atoms with van der Waals surface area (Å²) in [4.78, 5) is 27.1. The summed E-state index contributed by atoms with van der Waals surface area (Å²) in [5, 5.41) is 38.7. The van der Waals surface area contributed by atoms with E-state index >= 15 is 0 Å². The van der Waals surface area contributed by atoms with E-state index in [0.717, 1.165) is 25.7 Å². The Morgan fingerprint density at radius 1 is 1.30 bits per heavy atom.